The van der Waals surface area contributed by atoms with Crippen LogP contribution in [0.5, 0.6) is 0 Å². The molecule has 0 radical (unpaired) electrons. The normalized spacial score (nSPS) is 18.5. The molecule has 3 heteroatoms. The van der Waals surface area contributed by atoms with Gasteiger partial charge in [0.2, 0.25) is 0 Å². The minimum Gasteiger partial charge on any atom is -0.362 e. The van der Waals surface area contributed by atoms with Crippen LogP contribution in [0.2, 0.25) is 0 Å². The van der Waals surface area contributed by atoms with Crippen LogP contribution in [-0.2, 0) is 0 Å². The molecule has 0 amide bonds. The van der Waals surface area contributed by atoms with Gasteiger partial charge in [0, 0.05) is 5.39 Å². The van der Waals surface area contributed by atoms with E-state index in [2.05, 4.69) is 35.6 Å². The molecule has 1 aromatic heterocycles. The molecule has 126 valence electrons. The minimum atomic E-state index is -0.0780. The van der Waals surface area contributed by atoms with Crippen molar-refractivity contribution in [2.45, 2.75) is 12.1 Å². The molecule has 0 aliphatic carbocycles. The predicted molar refractivity (Wildman–Crippen MR) is 106 cm³/mol. The van der Waals surface area contributed by atoms with Gasteiger partial charge < -0.3 is 5.32 Å². The van der Waals surface area contributed by atoms with Gasteiger partial charge >= 0.3 is 0 Å². The lowest BCUT2D eigenvalue weighted by molar-refractivity contribution is 0.558. The predicted octanol–water partition coefficient (Wildman–Crippen LogP) is 4.76. The van der Waals surface area contributed by atoms with Crippen LogP contribution in [-0.4, -0.2) is 4.57 Å². The standard InChI is InChI=1S/C23H18N2O/c26-23-19-14-8-7-13-18(19)15-20-24-21(16-9-3-1-4-10-16)22(25(20)23)17-11-5-2-6-12-17/h1-15,21-22,24H. The minimum absolute atomic E-state index is 0.0168. The molecule has 2 unspecified atom stereocenters. The Balaban J connectivity index is 1.78. The zero-order valence-electron chi connectivity index (χ0n) is 14.2. The van der Waals surface area contributed by atoms with Crippen LogP contribution >= 0.6 is 0 Å². The lowest BCUT2D eigenvalue weighted by Crippen LogP contribution is -2.24. The molecule has 0 bridgehead atoms. The van der Waals surface area contributed by atoms with Crippen molar-refractivity contribution in [3.8, 4) is 0 Å². The van der Waals surface area contributed by atoms with Gasteiger partial charge in [0.25, 0.3) is 5.56 Å². The summed E-state index contributed by atoms with van der Waals surface area (Å²) >= 11 is 0. The Kier molecular flexibility index (Phi) is 3.39. The third kappa shape index (κ3) is 2.25. The number of fused-ring (bicyclic) bond motifs is 2. The van der Waals surface area contributed by atoms with Crippen LogP contribution in [0, 0.1) is 0 Å². The molecule has 3 aromatic carbocycles. The summed E-state index contributed by atoms with van der Waals surface area (Å²) in [6, 6.07) is 30.4. The molecule has 2 heterocycles. The molecular formula is C23H18N2O. The number of hydrogen-bond acceptors (Lipinski definition) is 2. The Morgan fingerprint density at radius 2 is 1.35 bits per heavy atom. The van der Waals surface area contributed by atoms with Crippen LogP contribution in [0.1, 0.15) is 23.2 Å². The smallest absolute Gasteiger partial charge is 0.260 e. The Labute approximate surface area is 151 Å². The van der Waals surface area contributed by atoms with Gasteiger partial charge in [-0.25, -0.2) is 0 Å². The zero-order valence-corrected chi connectivity index (χ0v) is 14.2. The Hall–Kier alpha value is -3.33. The van der Waals surface area contributed by atoms with E-state index in [1.54, 1.807) is 0 Å². The fourth-order valence-electron chi connectivity index (χ4n) is 3.97. The number of nitrogens with zero attached hydrogens (tertiary/aromatic N) is 1. The van der Waals surface area contributed by atoms with Gasteiger partial charge in [-0.1, -0.05) is 78.9 Å². The molecule has 0 fully saturated rings. The van der Waals surface area contributed by atoms with Gasteiger partial charge in [0.05, 0.1) is 12.1 Å². The van der Waals surface area contributed by atoms with Crippen LogP contribution in [0.25, 0.3) is 10.8 Å². The third-order valence-electron chi connectivity index (χ3n) is 5.16. The van der Waals surface area contributed by atoms with Crippen molar-refractivity contribution in [2.24, 2.45) is 0 Å². The second kappa shape index (κ2) is 5.88. The molecular weight excluding hydrogens is 320 g/mol. The van der Waals surface area contributed by atoms with Gasteiger partial charge in [0.15, 0.2) is 0 Å². The van der Waals surface area contributed by atoms with E-state index in [9.17, 15) is 4.79 Å². The molecule has 0 spiro atoms. The quantitative estimate of drug-likeness (QED) is 0.572. The molecule has 3 nitrogen and oxygen atoms in total. The number of anilines is 1. The monoisotopic (exact) mass is 338 g/mol. The summed E-state index contributed by atoms with van der Waals surface area (Å²) in [5, 5.41) is 5.32. The first kappa shape index (κ1) is 15.0. The van der Waals surface area contributed by atoms with Crippen LogP contribution in [0.15, 0.2) is 95.8 Å². The third-order valence-corrected chi connectivity index (χ3v) is 5.16. The molecule has 1 aliphatic rings. The van der Waals surface area contributed by atoms with E-state index in [4.69, 9.17) is 0 Å². The molecule has 5 rings (SSSR count). The van der Waals surface area contributed by atoms with Crippen molar-refractivity contribution in [3.63, 3.8) is 0 Å². The summed E-state index contributed by atoms with van der Waals surface area (Å²) in [5.74, 6) is 0.872. The van der Waals surface area contributed by atoms with Crippen molar-refractivity contribution < 1.29 is 0 Å². The molecule has 1 aliphatic heterocycles. The SMILES string of the molecule is O=c1c2ccccc2cc2n1C(c1ccccc1)C(c1ccccc1)N2. The fraction of sp³-hybridized carbons (Fsp3) is 0.0870. The number of nitrogens with one attached hydrogen (secondary N) is 1. The van der Waals surface area contributed by atoms with Crippen molar-refractivity contribution >= 4 is 16.6 Å². The van der Waals surface area contributed by atoms with Crippen LogP contribution in [0.3, 0.4) is 0 Å². The Morgan fingerprint density at radius 3 is 2.08 bits per heavy atom. The first-order chi connectivity index (χ1) is 12.8. The summed E-state index contributed by atoms with van der Waals surface area (Å²) in [5.41, 5.74) is 2.36. The highest BCUT2D eigenvalue weighted by molar-refractivity contribution is 5.84. The largest absolute Gasteiger partial charge is 0.362 e. The maximum absolute atomic E-state index is 13.3. The molecule has 0 saturated carbocycles. The summed E-state index contributed by atoms with van der Waals surface area (Å²) in [6.07, 6.45) is 0. The lowest BCUT2D eigenvalue weighted by Gasteiger charge is -2.21. The number of pyridine rings is 1. The number of benzene rings is 3. The zero-order chi connectivity index (χ0) is 17.5. The van der Waals surface area contributed by atoms with E-state index in [0.717, 1.165) is 22.2 Å². The lowest BCUT2D eigenvalue weighted by atomic mass is 9.94. The maximum atomic E-state index is 13.3. The fourth-order valence-corrected chi connectivity index (χ4v) is 3.97. The molecule has 2 atom stereocenters. The first-order valence-electron chi connectivity index (χ1n) is 8.83. The van der Waals surface area contributed by atoms with Crippen molar-refractivity contribution in [1.82, 2.24) is 4.57 Å². The van der Waals surface area contributed by atoms with Crippen molar-refractivity contribution in [3.05, 3.63) is 112 Å². The summed E-state index contributed by atoms with van der Waals surface area (Å²) in [7, 11) is 0. The van der Waals surface area contributed by atoms with Gasteiger partial charge in [-0.3, -0.25) is 9.36 Å². The second-order valence-corrected chi connectivity index (χ2v) is 6.68. The highest BCUT2D eigenvalue weighted by Crippen LogP contribution is 2.41. The summed E-state index contributed by atoms with van der Waals surface area (Å²) < 4.78 is 1.91. The van der Waals surface area contributed by atoms with E-state index in [1.165, 1.54) is 5.56 Å². The van der Waals surface area contributed by atoms with Crippen LogP contribution in [0.4, 0.5) is 5.82 Å². The van der Waals surface area contributed by atoms with Crippen molar-refractivity contribution in [1.29, 1.82) is 0 Å². The average Bonchev–Trinajstić information content (AvgIpc) is 3.09. The van der Waals surface area contributed by atoms with E-state index >= 15 is 0 Å². The van der Waals surface area contributed by atoms with E-state index in [1.807, 2.05) is 65.2 Å². The topological polar surface area (TPSA) is 34.0 Å². The molecule has 0 saturated heterocycles. The highest BCUT2D eigenvalue weighted by atomic mass is 16.1. The Bertz CT molecular complexity index is 1130. The van der Waals surface area contributed by atoms with Gasteiger partial charge in [0.1, 0.15) is 5.82 Å². The Morgan fingerprint density at radius 1 is 0.731 bits per heavy atom. The van der Waals surface area contributed by atoms with Crippen LogP contribution < -0.4 is 10.9 Å². The number of aromatic nitrogens is 1. The van der Waals surface area contributed by atoms with E-state index in [0.29, 0.717) is 0 Å². The van der Waals surface area contributed by atoms with Gasteiger partial charge in [-0.05, 0) is 28.6 Å². The average molecular weight is 338 g/mol. The summed E-state index contributed by atoms with van der Waals surface area (Å²) in [6.45, 7) is 0. The summed E-state index contributed by atoms with van der Waals surface area (Å²) in [4.78, 5) is 13.3. The highest BCUT2D eigenvalue weighted by Gasteiger charge is 2.35. The second-order valence-electron chi connectivity index (χ2n) is 6.68. The molecule has 4 aromatic rings. The van der Waals surface area contributed by atoms with E-state index < -0.39 is 0 Å². The van der Waals surface area contributed by atoms with E-state index in [-0.39, 0.29) is 17.6 Å². The first-order valence-corrected chi connectivity index (χ1v) is 8.83. The molecule has 1 N–H and O–H groups in total. The van der Waals surface area contributed by atoms with Gasteiger partial charge in [-0.2, -0.15) is 0 Å². The maximum Gasteiger partial charge on any atom is 0.260 e. The van der Waals surface area contributed by atoms with Crippen molar-refractivity contribution in [2.75, 3.05) is 5.32 Å². The number of rotatable bonds is 2. The molecule has 26 heavy (non-hydrogen) atoms. The number of hydrogen-bond donors (Lipinski definition) is 1. The van der Waals surface area contributed by atoms with Gasteiger partial charge in [-0.15, -0.1) is 0 Å².